The SMILES string of the molecule is C=C1C(=NC)c2ccccc2-c2ccc(-c3cccc(-c4cccc(-c5ccc6c(ccc7ccccc76)c5)c4)c3)cc21.CC. The highest BCUT2D eigenvalue weighted by molar-refractivity contribution is 6.36. The molecule has 7 aromatic carbocycles. The highest BCUT2D eigenvalue weighted by Crippen LogP contribution is 2.41. The molecule has 1 aliphatic rings. The fourth-order valence-corrected chi connectivity index (χ4v) is 6.63. The lowest BCUT2D eigenvalue weighted by Crippen LogP contribution is -2.12. The van der Waals surface area contributed by atoms with Crippen LogP contribution in [0.2, 0.25) is 0 Å². The number of hydrogen-bond acceptors (Lipinski definition) is 1. The van der Waals surface area contributed by atoms with Crippen LogP contribution in [-0.2, 0) is 0 Å². The summed E-state index contributed by atoms with van der Waals surface area (Å²) in [5.41, 5.74) is 13.9. The Balaban J connectivity index is 0.00000160. The van der Waals surface area contributed by atoms with Crippen molar-refractivity contribution in [3.8, 4) is 44.5 Å². The van der Waals surface area contributed by atoms with E-state index in [1.165, 1.54) is 66.1 Å². The van der Waals surface area contributed by atoms with Crippen LogP contribution in [0.25, 0.3) is 71.6 Å². The Hall–Kier alpha value is -5.53. The molecule has 7 aromatic rings. The van der Waals surface area contributed by atoms with Crippen molar-refractivity contribution in [3.05, 3.63) is 163 Å². The molecule has 1 nitrogen and oxygen atoms in total. The van der Waals surface area contributed by atoms with Crippen LogP contribution in [0.3, 0.4) is 0 Å². The van der Waals surface area contributed by atoms with Gasteiger partial charge < -0.3 is 0 Å². The second-order valence-corrected chi connectivity index (χ2v) is 11.2. The first-order chi connectivity index (χ1) is 22.2. The van der Waals surface area contributed by atoms with Crippen LogP contribution >= 0.6 is 0 Å². The zero-order valence-electron chi connectivity index (χ0n) is 26.0. The molecule has 216 valence electrons. The van der Waals surface area contributed by atoms with E-state index in [1.54, 1.807) is 0 Å². The molecule has 0 amide bonds. The predicted molar refractivity (Wildman–Crippen MR) is 196 cm³/mol. The molecule has 0 saturated heterocycles. The standard InChI is InChI=1S/C42H29N.C2H6/c1-27-41-26-34(20-22-39(41)38-15-5-6-16-40(38)42(27)43-2)32-13-8-11-30(24-32)29-10-7-12-31(23-29)33-19-21-37-35(25-33)18-17-28-9-3-4-14-36(28)37;1-2/h3-26H,1H2,2H3;1-2H3. The van der Waals surface area contributed by atoms with Gasteiger partial charge in [-0.25, -0.2) is 0 Å². The van der Waals surface area contributed by atoms with Gasteiger partial charge >= 0.3 is 0 Å². The number of allylic oxidation sites excluding steroid dienone is 1. The molecule has 0 aliphatic heterocycles. The lowest BCUT2D eigenvalue weighted by molar-refractivity contribution is 1.42. The maximum atomic E-state index is 4.61. The molecule has 0 atom stereocenters. The Morgan fingerprint density at radius 1 is 0.400 bits per heavy atom. The van der Waals surface area contributed by atoms with Crippen LogP contribution in [0.1, 0.15) is 25.0 Å². The van der Waals surface area contributed by atoms with Crippen molar-refractivity contribution in [2.75, 3.05) is 7.05 Å². The fraction of sp³-hybridized carbons (Fsp3) is 0.0682. The molecule has 0 heterocycles. The molecule has 1 aliphatic carbocycles. The van der Waals surface area contributed by atoms with Crippen LogP contribution in [-0.4, -0.2) is 12.8 Å². The van der Waals surface area contributed by atoms with E-state index in [-0.39, 0.29) is 0 Å². The summed E-state index contributed by atoms with van der Waals surface area (Å²) in [6, 6.07) is 52.8. The van der Waals surface area contributed by atoms with Gasteiger partial charge in [-0.05, 0) is 95.9 Å². The Labute approximate surface area is 265 Å². The summed E-state index contributed by atoms with van der Waals surface area (Å²) in [6.45, 7) is 8.45. The molecular weight excluding hydrogens is 542 g/mol. The topological polar surface area (TPSA) is 12.4 Å². The average Bonchev–Trinajstić information content (AvgIpc) is 3.12. The van der Waals surface area contributed by atoms with E-state index in [9.17, 15) is 0 Å². The van der Waals surface area contributed by atoms with Crippen LogP contribution in [0.5, 0.6) is 0 Å². The fourth-order valence-electron chi connectivity index (χ4n) is 6.63. The average molecular weight is 578 g/mol. The van der Waals surface area contributed by atoms with Crippen LogP contribution in [0.4, 0.5) is 0 Å². The van der Waals surface area contributed by atoms with Gasteiger partial charge in [0.25, 0.3) is 0 Å². The number of rotatable bonds is 3. The Kier molecular flexibility index (Phi) is 7.45. The van der Waals surface area contributed by atoms with Crippen molar-refractivity contribution in [1.29, 1.82) is 0 Å². The first-order valence-electron chi connectivity index (χ1n) is 15.7. The second-order valence-electron chi connectivity index (χ2n) is 11.2. The summed E-state index contributed by atoms with van der Waals surface area (Å²) < 4.78 is 0. The quantitative estimate of drug-likeness (QED) is 0.185. The maximum absolute atomic E-state index is 4.61. The number of nitrogens with zero attached hydrogens (tertiary/aromatic N) is 1. The first-order valence-corrected chi connectivity index (χ1v) is 15.7. The van der Waals surface area contributed by atoms with E-state index in [4.69, 9.17) is 0 Å². The van der Waals surface area contributed by atoms with Gasteiger partial charge in [-0.3, -0.25) is 4.99 Å². The van der Waals surface area contributed by atoms with E-state index < -0.39 is 0 Å². The minimum Gasteiger partial charge on any atom is -0.287 e. The van der Waals surface area contributed by atoms with Gasteiger partial charge in [0.15, 0.2) is 0 Å². The smallest absolute Gasteiger partial charge is 0.0722 e. The predicted octanol–water partition coefficient (Wildman–Crippen LogP) is 12.1. The summed E-state index contributed by atoms with van der Waals surface area (Å²) in [6.07, 6.45) is 0. The van der Waals surface area contributed by atoms with E-state index in [1.807, 2.05) is 20.9 Å². The summed E-state index contributed by atoms with van der Waals surface area (Å²) in [4.78, 5) is 4.61. The van der Waals surface area contributed by atoms with Gasteiger partial charge in [0, 0.05) is 18.2 Å². The number of benzene rings is 7. The van der Waals surface area contributed by atoms with Crippen molar-refractivity contribution in [3.63, 3.8) is 0 Å². The molecule has 0 spiro atoms. The molecule has 0 radical (unpaired) electrons. The van der Waals surface area contributed by atoms with Gasteiger partial charge in [-0.1, -0.05) is 142 Å². The van der Waals surface area contributed by atoms with E-state index in [2.05, 4.69) is 157 Å². The highest BCUT2D eigenvalue weighted by Gasteiger charge is 2.24. The summed E-state index contributed by atoms with van der Waals surface area (Å²) >= 11 is 0. The van der Waals surface area contributed by atoms with Crippen LogP contribution < -0.4 is 0 Å². The van der Waals surface area contributed by atoms with E-state index >= 15 is 0 Å². The third-order valence-corrected chi connectivity index (χ3v) is 8.80. The third kappa shape index (κ3) is 4.97. The maximum Gasteiger partial charge on any atom is 0.0722 e. The zero-order valence-corrected chi connectivity index (χ0v) is 26.0. The molecule has 0 aromatic heterocycles. The summed E-state index contributed by atoms with van der Waals surface area (Å²) in [5.74, 6) is 0. The number of hydrogen-bond donors (Lipinski definition) is 0. The van der Waals surface area contributed by atoms with Crippen molar-refractivity contribution in [2.45, 2.75) is 13.8 Å². The molecule has 1 heteroatoms. The molecular formula is C44H35N. The lowest BCUT2D eigenvalue weighted by Gasteiger charge is -2.24. The Morgan fingerprint density at radius 3 is 1.60 bits per heavy atom. The van der Waals surface area contributed by atoms with Crippen molar-refractivity contribution < 1.29 is 0 Å². The normalized spacial score (nSPS) is 12.9. The molecule has 0 N–H and O–H groups in total. The van der Waals surface area contributed by atoms with Gasteiger partial charge in [-0.15, -0.1) is 0 Å². The largest absolute Gasteiger partial charge is 0.287 e. The molecule has 8 rings (SSSR count). The Morgan fingerprint density at radius 2 is 0.911 bits per heavy atom. The van der Waals surface area contributed by atoms with Crippen molar-refractivity contribution in [2.24, 2.45) is 4.99 Å². The second kappa shape index (κ2) is 11.9. The first kappa shape index (κ1) is 28.3. The summed E-state index contributed by atoms with van der Waals surface area (Å²) in [5, 5.41) is 5.12. The van der Waals surface area contributed by atoms with Crippen molar-refractivity contribution in [1.82, 2.24) is 0 Å². The zero-order chi connectivity index (χ0) is 30.9. The van der Waals surface area contributed by atoms with E-state index in [0.717, 1.165) is 22.4 Å². The van der Waals surface area contributed by atoms with Crippen LogP contribution in [0, 0.1) is 0 Å². The summed E-state index contributed by atoms with van der Waals surface area (Å²) in [7, 11) is 1.85. The van der Waals surface area contributed by atoms with Gasteiger partial charge in [0.05, 0.1) is 5.71 Å². The van der Waals surface area contributed by atoms with Crippen LogP contribution in [0.15, 0.2) is 157 Å². The molecule has 45 heavy (non-hydrogen) atoms. The Bertz CT molecular complexity index is 2270. The highest BCUT2D eigenvalue weighted by atomic mass is 14.7. The van der Waals surface area contributed by atoms with Gasteiger partial charge in [0.2, 0.25) is 0 Å². The minimum absolute atomic E-state index is 0.965. The number of fused-ring (bicyclic) bond motifs is 6. The van der Waals surface area contributed by atoms with Gasteiger partial charge in [0.1, 0.15) is 0 Å². The molecule has 0 bridgehead atoms. The lowest BCUT2D eigenvalue weighted by atomic mass is 9.80. The van der Waals surface area contributed by atoms with Crippen molar-refractivity contribution >= 4 is 32.8 Å². The third-order valence-electron chi connectivity index (χ3n) is 8.80. The molecule has 0 saturated carbocycles. The molecule has 0 unspecified atom stereocenters. The number of aliphatic imine (C=N–C) groups is 1. The van der Waals surface area contributed by atoms with E-state index in [0.29, 0.717) is 0 Å². The monoisotopic (exact) mass is 577 g/mol. The minimum atomic E-state index is 0.965. The molecule has 0 fully saturated rings. The van der Waals surface area contributed by atoms with Gasteiger partial charge in [-0.2, -0.15) is 0 Å².